The second-order valence-electron chi connectivity index (χ2n) is 7.92. The summed E-state index contributed by atoms with van der Waals surface area (Å²) in [6, 6.07) is 5.28. The number of rotatable bonds is 6. The third kappa shape index (κ3) is 3.77. The molecule has 4 heterocycles. The highest BCUT2D eigenvalue weighted by Gasteiger charge is 2.29. The smallest absolute Gasteiger partial charge is 0.266 e. The van der Waals surface area contributed by atoms with Crippen molar-refractivity contribution in [1.29, 1.82) is 0 Å². The highest BCUT2D eigenvalue weighted by Crippen LogP contribution is 2.21. The topological polar surface area (TPSA) is 82.0 Å². The van der Waals surface area contributed by atoms with E-state index in [1.54, 1.807) is 21.5 Å². The third-order valence-corrected chi connectivity index (χ3v) is 5.04. The average molecular weight is 382 g/mol. The standard InChI is InChI=1S/C20H26N6O2/c1-13(2)17-8-21-19(28-17)12-24-9-16(10-24)11-25-20(27)6-5-18(23-25)26-15(4)7-14(3)22-26/h5-8,13,16H,9-12H2,1-4H3. The minimum atomic E-state index is -0.0852. The molecule has 0 bridgehead atoms. The molecule has 1 saturated heterocycles. The van der Waals surface area contributed by atoms with Crippen molar-refractivity contribution in [2.24, 2.45) is 5.92 Å². The van der Waals surface area contributed by atoms with Crippen LogP contribution in [0.4, 0.5) is 0 Å². The summed E-state index contributed by atoms with van der Waals surface area (Å²) in [5.74, 6) is 3.08. The molecule has 4 rings (SSSR count). The molecule has 0 spiro atoms. The van der Waals surface area contributed by atoms with Gasteiger partial charge in [-0.3, -0.25) is 9.69 Å². The number of hydrogen-bond acceptors (Lipinski definition) is 6. The Morgan fingerprint density at radius 2 is 2.00 bits per heavy atom. The van der Waals surface area contributed by atoms with Gasteiger partial charge >= 0.3 is 0 Å². The Morgan fingerprint density at radius 3 is 2.64 bits per heavy atom. The van der Waals surface area contributed by atoms with Gasteiger partial charge in [-0.15, -0.1) is 5.10 Å². The van der Waals surface area contributed by atoms with Gasteiger partial charge in [0.15, 0.2) is 5.82 Å². The second-order valence-corrected chi connectivity index (χ2v) is 7.92. The number of oxazole rings is 1. The third-order valence-electron chi connectivity index (χ3n) is 5.04. The molecular weight excluding hydrogens is 356 g/mol. The quantitative estimate of drug-likeness (QED) is 0.651. The van der Waals surface area contributed by atoms with Crippen LogP contribution in [0, 0.1) is 19.8 Å². The monoisotopic (exact) mass is 382 g/mol. The van der Waals surface area contributed by atoms with Crippen LogP contribution in [0.5, 0.6) is 0 Å². The van der Waals surface area contributed by atoms with Crippen LogP contribution in [0.15, 0.2) is 33.6 Å². The first-order valence-corrected chi connectivity index (χ1v) is 9.68. The van der Waals surface area contributed by atoms with E-state index in [1.807, 2.05) is 26.1 Å². The summed E-state index contributed by atoms with van der Waals surface area (Å²) in [6.07, 6.45) is 1.81. The predicted molar refractivity (Wildman–Crippen MR) is 104 cm³/mol. The Balaban J connectivity index is 1.38. The fourth-order valence-corrected chi connectivity index (χ4v) is 3.56. The Hall–Kier alpha value is -2.74. The van der Waals surface area contributed by atoms with Crippen molar-refractivity contribution in [3.63, 3.8) is 0 Å². The zero-order valence-corrected chi connectivity index (χ0v) is 16.8. The van der Waals surface area contributed by atoms with Crippen molar-refractivity contribution in [2.45, 2.75) is 46.7 Å². The lowest BCUT2D eigenvalue weighted by Crippen LogP contribution is -2.49. The van der Waals surface area contributed by atoms with Gasteiger partial charge in [-0.25, -0.2) is 14.3 Å². The van der Waals surface area contributed by atoms with Gasteiger partial charge in [0.1, 0.15) is 5.76 Å². The molecule has 0 unspecified atom stereocenters. The zero-order valence-electron chi connectivity index (χ0n) is 16.8. The Bertz CT molecular complexity index is 1030. The molecule has 28 heavy (non-hydrogen) atoms. The van der Waals surface area contributed by atoms with Gasteiger partial charge in [0.05, 0.1) is 25.0 Å². The molecule has 1 aliphatic rings. The molecule has 3 aromatic rings. The first-order chi connectivity index (χ1) is 13.4. The zero-order chi connectivity index (χ0) is 19.8. The number of likely N-dealkylation sites (tertiary alicyclic amines) is 1. The van der Waals surface area contributed by atoms with E-state index in [4.69, 9.17) is 4.42 Å². The molecule has 0 amide bonds. The Kier molecular flexibility index (Phi) is 4.89. The Labute approximate surface area is 163 Å². The summed E-state index contributed by atoms with van der Waals surface area (Å²) < 4.78 is 9.09. The summed E-state index contributed by atoms with van der Waals surface area (Å²) in [7, 11) is 0. The molecule has 1 fully saturated rings. The number of aryl methyl sites for hydroxylation is 2. The molecule has 0 saturated carbocycles. The van der Waals surface area contributed by atoms with Gasteiger partial charge in [0.25, 0.3) is 5.56 Å². The predicted octanol–water partition coefficient (Wildman–Crippen LogP) is 2.29. The minimum absolute atomic E-state index is 0.0852. The van der Waals surface area contributed by atoms with Crippen molar-refractivity contribution >= 4 is 0 Å². The molecule has 8 nitrogen and oxygen atoms in total. The highest BCUT2D eigenvalue weighted by molar-refractivity contribution is 5.23. The molecule has 0 aliphatic carbocycles. The molecule has 148 valence electrons. The largest absolute Gasteiger partial charge is 0.444 e. The maximum absolute atomic E-state index is 12.2. The molecule has 1 aliphatic heterocycles. The van der Waals surface area contributed by atoms with Gasteiger partial charge in [-0.2, -0.15) is 5.10 Å². The summed E-state index contributed by atoms with van der Waals surface area (Å²) in [5.41, 5.74) is 1.84. The number of nitrogens with zero attached hydrogens (tertiary/aromatic N) is 6. The molecular formula is C20H26N6O2. The molecule has 0 N–H and O–H groups in total. The van der Waals surface area contributed by atoms with E-state index < -0.39 is 0 Å². The highest BCUT2D eigenvalue weighted by atomic mass is 16.4. The molecule has 0 radical (unpaired) electrons. The summed E-state index contributed by atoms with van der Waals surface area (Å²) >= 11 is 0. The maximum atomic E-state index is 12.2. The van der Waals surface area contributed by atoms with Crippen molar-refractivity contribution in [3.05, 3.63) is 57.8 Å². The fraction of sp³-hybridized carbons (Fsp3) is 0.500. The van der Waals surface area contributed by atoms with Crippen LogP contribution < -0.4 is 5.56 Å². The van der Waals surface area contributed by atoms with Crippen molar-refractivity contribution in [1.82, 2.24) is 29.4 Å². The normalized spacial score (nSPS) is 15.3. The SMILES string of the molecule is Cc1cc(C)n(-c2ccc(=O)n(CC3CN(Cc4ncc(C(C)C)o4)C3)n2)n1. The van der Waals surface area contributed by atoms with Crippen LogP contribution in [0.2, 0.25) is 0 Å². The van der Waals surface area contributed by atoms with Crippen LogP contribution in [0.25, 0.3) is 5.82 Å². The molecule has 0 atom stereocenters. The van der Waals surface area contributed by atoms with Crippen molar-refractivity contribution in [3.8, 4) is 5.82 Å². The van der Waals surface area contributed by atoms with Crippen LogP contribution >= 0.6 is 0 Å². The summed E-state index contributed by atoms with van der Waals surface area (Å²) in [4.78, 5) is 18.9. The van der Waals surface area contributed by atoms with Crippen LogP contribution in [0.3, 0.4) is 0 Å². The first kappa shape index (κ1) is 18.6. The Morgan fingerprint density at radius 1 is 1.21 bits per heavy atom. The van der Waals surface area contributed by atoms with E-state index in [1.165, 1.54) is 0 Å². The minimum Gasteiger partial charge on any atom is -0.444 e. The average Bonchev–Trinajstić information content (AvgIpc) is 3.21. The van der Waals surface area contributed by atoms with E-state index in [0.29, 0.717) is 30.7 Å². The summed E-state index contributed by atoms with van der Waals surface area (Å²) in [6.45, 7) is 11.2. The maximum Gasteiger partial charge on any atom is 0.266 e. The van der Waals surface area contributed by atoms with Gasteiger partial charge in [-0.05, 0) is 26.0 Å². The lowest BCUT2D eigenvalue weighted by atomic mass is 10.0. The van der Waals surface area contributed by atoms with Crippen molar-refractivity contribution in [2.75, 3.05) is 13.1 Å². The molecule has 3 aromatic heterocycles. The number of aromatic nitrogens is 5. The molecule has 8 heteroatoms. The van der Waals surface area contributed by atoms with E-state index in [2.05, 4.69) is 33.9 Å². The van der Waals surface area contributed by atoms with Crippen molar-refractivity contribution < 1.29 is 4.42 Å². The second kappa shape index (κ2) is 7.35. The summed E-state index contributed by atoms with van der Waals surface area (Å²) in [5, 5.41) is 8.98. The molecule has 0 aromatic carbocycles. The van der Waals surface area contributed by atoms with Gasteiger partial charge in [0, 0.05) is 36.7 Å². The van der Waals surface area contributed by atoms with Crippen LogP contribution in [-0.2, 0) is 13.1 Å². The van der Waals surface area contributed by atoms with E-state index in [-0.39, 0.29) is 5.56 Å². The fourth-order valence-electron chi connectivity index (χ4n) is 3.56. The van der Waals surface area contributed by atoms with Gasteiger partial charge in [-0.1, -0.05) is 13.8 Å². The van der Waals surface area contributed by atoms with Gasteiger partial charge < -0.3 is 4.42 Å². The van der Waals surface area contributed by atoms with Gasteiger partial charge in [0.2, 0.25) is 5.89 Å². The van der Waals surface area contributed by atoms with Crippen LogP contribution in [-0.4, -0.2) is 42.5 Å². The lowest BCUT2D eigenvalue weighted by molar-refractivity contribution is 0.0675. The van der Waals surface area contributed by atoms with Crippen LogP contribution in [0.1, 0.15) is 42.8 Å². The number of hydrogen-bond donors (Lipinski definition) is 0. The van der Waals surface area contributed by atoms with E-state index in [0.717, 1.165) is 36.1 Å². The first-order valence-electron chi connectivity index (χ1n) is 9.68. The van der Waals surface area contributed by atoms with E-state index in [9.17, 15) is 4.79 Å². The lowest BCUT2D eigenvalue weighted by Gasteiger charge is -2.38. The van der Waals surface area contributed by atoms with E-state index >= 15 is 0 Å².